The van der Waals surface area contributed by atoms with E-state index in [-0.39, 0.29) is 6.79 Å². The van der Waals surface area contributed by atoms with Crippen LogP contribution in [0, 0.1) is 0 Å². The molecular formula is C18H14N4O3. The van der Waals surface area contributed by atoms with Crippen molar-refractivity contribution in [3.8, 4) is 22.8 Å². The van der Waals surface area contributed by atoms with E-state index in [0.29, 0.717) is 29.4 Å². The minimum Gasteiger partial charge on any atom is -0.454 e. The van der Waals surface area contributed by atoms with Crippen molar-refractivity contribution < 1.29 is 14.3 Å². The molecule has 0 atom stereocenters. The van der Waals surface area contributed by atoms with Crippen LogP contribution in [0.25, 0.3) is 11.3 Å². The number of benzene rings is 2. The molecule has 0 spiro atoms. The maximum absolute atomic E-state index is 10.6. The van der Waals surface area contributed by atoms with Gasteiger partial charge in [0.05, 0.1) is 18.1 Å². The lowest BCUT2D eigenvalue weighted by Gasteiger charge is -2.08. The fraction of sp³-hybridized carbons (Fsp3) is 0.0556. The Labute approximate surface area is 143 Å². The third-order valence-electron chi connectivity index (χ3n) is 3.66. The van der Waals surface area contributed by atoms with Crippen LogP contribution in [-0.4, -0.2) is 23.2 Å². The molecule has 0 radical (unpaired) electrons. The van der Waals surface area contributed by atoms with Gasteiger partial charge in [-0.2, -0.15) is 0 Å². The highest BCUT2D eigenvalue weighted by Gasteiger charge is 2.13. The third-order valence-corrected chi connectivity index (χ3v) is 3.66. The topological polar surface area (TPSA) is 85.4 Å². The smallest absolute Gasteiger partial charge is 0.231 e. The minimum absolute atomic E-state index is 0.235. The molecule has 0 saturated carbocycles. The number of carbonyl (C=O) groups is 1. The summed E-state index contributed by atoms with van der Waals surface area (Å²) in [6, 6.07) is 13.0. The van der Waals surface area contributed by atoms with Crippen molar-refractivity contribution in [3.63, 3.8) is 0 Å². The Morgan fingerprint density at radius 2 is 1.92 bits per heavy atom. The summed E-state index contributed by atoms with van der Waals surface area (Å²) < 4.78 is 10.7. The number of nitrogens with zero attached hydrogens (tertiary/aromatic N) is 2. The summed E-state index contributed by atoms with van der Waals surface area (Å²) in [6.07, 6.45) is 3.95. The van der Waals surface area contributed by atoms with Crippen LogP contribution in [0.1, 0.15) is 0 Å². The van der Waals surface area contributed by atoms with Gasteiger partial charge in [-0.05, 0) is 24.3 Å². The average molecular weight is 334 g/mol. The van der Waals surface area contributed by atoms with Crippen LogP contribution in [0.5, 0.6) is 11.5 Å². The largest absolute Gasteiger partial charge is 0.454 e. The monoisotopic (exact) mass is 334 g/mol. The highest BCUT2D eigenvalue weighted by molar-refractivity contribution is 5.75. The van der Waals surface area contributed by atoms with Gasteiger partial charge < -0.3 is 20.1 Å². The lowest BCUT2D eigenvalue weighted by Crippen LogP contribution is -1.97. The Balaban J connectivity index is 1.59. The van der Waals surface area contributed by atoms with Gasteiger partial charge in [-0.25, -0.2) is 4.98 Å². The van der Waals surface area contributed by atoms with Gasteiger partial charge in [0.25, 0.3) is 0 Å². The number of fused-ring (bicyclic) bond motifs is 1. The van der Waals surface area contributed by atoms with Crippen molar-refractivity contribution in [2.45, 2.75) is 0 Å². The quantitative estimate of drug-likeness (QED) is 0.697. The summed E-state index contributed by atoms with van der Waals surface area (Å²) in [5, 5.41) is 5.83. The van der Waals surface area contributed by atoms with Crippen molar-refractivity contribution >= 4 is 23.6 Å². The second-order valence-electron chi connectivity index (χ2n) is 5.33. The molecule has 1 amide bonds. The van der Waals surface area contributed by atoms with Crippen molar-refractivity contribution in [3.05, 3.63) is 54.9 Å². The first kappa shape index (κ1) is 14.9. The number of rotatable bonds is 5. The summed E-state index contributed by atoms with van der Waals surface area (Å²) in [5.74, 6) is 2.02. The molecule has 1 aliphatic heterocycles. The van der Waals surface area contributed by atoms with Crippen LogP contribution < -0.4 is 20.1 Å². The molecule has 3 aromatic rings. The maximum atomic E-state index is 10.6. The summed E-state index contributed by atoms with van der Waals surface area (Å²) in [4.78, 5) is 19.4. The van der Waals surface area contributed by atoms with Crippen LogP contribution in [0.2, 0.25) is 0 Å². The van der Waals surface area contributed by atoms with Crippen LogP contribution >= 0.6 is 0 Å². The zero-order chi connectivity index (χ0) is 17.1. The van der Waals surface area contributed by atoms with Gasteiger partial charge in [-0.15, -0.1) is 0 Å². The van der Waals surface area contributed by atoms with Crippen LogP contribution in [0.4, 0.5) is 17.2 Å². The van der Waals surface area contributed by atoms with Gasteiger partial charge in [-0.1, -0.05) is 12.1 Å². The Bertz CT molecular complexity index is 930. The Kier molecular flexibility index (Phi) is 3.88. The molecule has 0 unspecified atom stereocenters. The summed E-state index contributed by atoms with van der Waals surface area (Å²) in [7, 11) is 0. The average Bonchev–Trinajstić information content (AvgIpc) is 3.10. The van der Waals surface area contributed by atoms with E-state index in [1.807, 2.05) is 36.4 Å². The first-order valence-electron chi connectivity index (χ1n) is 7.61. The zero-order valence-electron chi connectivity index (χ0n) is 13.1. The predicted octanol–water partition coefficient (Wildman–Crippen LogP) is 3.18. The van der Waals surface area contributed by atoms with Gasteiger partial charge in [-0.3, -0.25) is 9.78 Å². The molecule has 0 bridgehead atoms. The molecule has 2 aromatic carbocycles. The summed E-state index contributed by atoms with van der Waals surface area (Å²) in [5.41, 5.74) is 3.07. The van der Waals surface area contributed by atoms with E-state index < -0.39 is 0 Å². The van der Waals surface area contributed by atoms with E-state index >= 15 is 0 Å². The van der Waals surface area contributed by atoms with Crippen LogP contribution in [-0.2, 0) is 4.79 Å². The van der Waals surface area contributed by atoms with Crippen molar-refractivity contribution in [1.29, 1.82) is 0 Å². The first-order valence-corrected chi connectivity index (χ1v) is 7.61. The van der Waals surface area contributed by atoms with Crippen LogP contribution in [0.3, 0.4) is 0 Å². The number of aromatic nitrogens is 2. The molecule has 124 valence electrons. The fourth-order valence-corrected chi connectivity index (χ4v) is 2.52. The first-order chi connectivity index (χ1) is 12.3. The fourth-order valence-electron chi connectivity index (χ4n) is 2.52. The minimum atomic E-state index is 0.235. The van der Waals surface area contributed by atoms with Gasteiger partial charge >= 0.3 is 0 Å². The highest BCUT2D eigenvalue weighted by atomic mass is 16.7. The second-order valence-corrected chi connectivity index (χ2v) is 5.33. The molecule has 1 aromatic heterocycles. The molecule has 7 heteroatoms. The van der Waals surface area contributed by atoms with E-state index in [1.165, 1.54) is 0 Å². The molecule has 0 aliphatic carbocycles. The standard InChI is InChI=1S/C18H14N4O3/c23-10-20-13-3-1-2-12(6-13)15-8-19-9-18(22-15)21-14-4-5-16-17(7-14)25-11-24-16/h1-10H,11H2,(H,20,23)(H,21,22). The second kappa shape index (κ2) is 6.48. The number of carbonyl (C=O) groups excluding carboxylic acids is 1. The molecular weight excluding hydrogens is 320 g/mol. The number of amides is 1. The number of hydrogen-bond acceptors (Lipinski definition) is 6. The Hall–Kier alpha value is -3.61. The molecule has 2 heterocycles. The molecule has 2 N–H and O–H groups in total. The lowest BCUT2D eigenvalue weighted by atomic mass is 10.1. The van der Waals surface area contributed by atoms with E-state index in [1.54, 1.807) is 18.5 Å². The van der Waals surface area contributed by atoms with Crippen LogP contribution in [0.15, 0.2) is 54.9 Å². The third kappa shape index (κ3) is 3.20. The van der Waals surface area contributed by atoms with Gasteiger partial charge in [0, 0.05) is 23.0 Å². The normalized spacial score (nSPS) is 11.8. The summed E-state index contributed by atoms with van der Waals surface area (Å²) >= 11 is 0. The van der Waals surface area contributed by atoms with Gasteiger partial charge in [0.15, 0.2) is 11.5 Å². The van der Waals surface area contributed by atoms with E-state index in [9.17, 15) is 4.79 Å². The molecule has 0 fully saturated rings. The Morgan fingerprint density at radius 1 is 1.00 bits per heavy atom. The molecule has 25 heavy (non-hydrogen) atoms. The van der Waals surface area contributed by atoms with E-state index in [4.69, 9.17) is 9.47 Å². The lowest BCUT2D eigenvalue weighted by molar-refractivity contribution is -0.105. The number of nitrogens with one attached hydrogen (secondary N) is 2. The van der Waals surface area contributed by atoms with Gasteiger partial charge in [0.2, 0.25) is 13.2 Å². The zero-order valence-corrected chi connectivity index (χ0v) is 13.1. The molecule has 4 rings (SSSR count). The van der Waals surface area contributed by atoms with Gasteiger partial charge in [0.1, 0.15) is 5.82 Å². The number of hydrogen-bond donors (Lipinski definition) is 2. The Morgan fingerprint density at radius 3 is 2.84 bits per heavy atom. The summed E-state index contributed by atoms with van der Waals surface area (Å²) in [6.45, 7) is 0.235. The van der Waals surface area contributed by atoms with E-state index in [0.717, 1.165) is 17.0 Å². The number of anilines is 3. The maximum Gasteiger partial charge on any atom is 0.231 e. The molecule has 0 saturated heterocycles. The molecule has 7 nitrogen and oxygen atoms in total. The predicted molar refractivity (Wildman–Crippen MR) is 93.0 cm³/mol. The highest BCUT2D eigenvalue weighted by Crippen LogP contribution is 2.35. The van der Waals surface area contributed by atoms with E-state index in [2.05, 4.69) is 20.6 Å². The van der Waals surface area contributed by atoms with Crippen molar-refractivity contribution in [2.24, 2.45) is 0 Å². The molecule has 1 aliphatic rings. The van der Waals surface area contributed by atoms with Crippen molar-refractivity contribution in [2.75, 3.05) is 17.4 Å². The SMILES string of the molecule is O=CNc1cccc(-c2cncc(Nc3ccc4c(c3)OCO4)n2)c1. The van der Waals surface area contributed by atoms with Crippen molar-refractivity contribution in [1.82, 2.24) is 9.97 Å². The number of ether oxygens (including phenoxy) is 2.